The highest BCUT2D eigenvalue weighted by molar-refractivity contribution is 8.27. The second-order valence-electron chi connectivity index (χ2n) is 9.41. The molecule has 1 saturated heterocycles. The minimum atomic E-state index is -0.509. The quantitative estimate of drug-likeness (QED) is 0.213. The van der Waals surface area contributed by atoms with Crippen LogP contribution in [0.15, 0.2) is 93.5 Å². The van der Waals surface area contributed by atoms with E-state index >= 15 is 0 Å². The van der Waals surface area contributed by atoms with E-state index in [1.54, 1.807) is 49.1 Å². The fourth-order valence-electron chi connectivity index (χ4n) is 4.68. The van der Waals surface area contributed by atoms with Gasteiger partial charge in [-0.25, -0.2) is 4.68 Å². The van der Waals surface area contributed by atoms with E-state index in [0.717, 1.165) is 17.3 Å². The maximum atomic E-state index is 13.8. The Morgan fingerprint density at radius 3 is 2.44 bits per heavy atom. The van der Waals surface area contributed by atoms with Gasteiger partial charge >= 0.3 is 0 Å². The molecule has 1 aliphatic heterocycles. The molecule has 0 radical (unpaired) electrons. The van der Waals surface area contributed by atoms with Gasteiger partial charge in [0.2, 0.25) is 5.88 Å². The van der Waals surface area contributed by atoms with Crippen molar-refractivity contribution >= 4 is 51.6 Å². The average Bonchev–Trinajstić information content (AvgIpc) is 3.35. The van der Waals surface area contributed by atoms with Crippen molar-refractivity contribution in [3.63, 3.8) is 0 Å². The molecule has 0 bridgehead atoms. The normalized spacial score (nSPS) is 14.4. The number of benzene rings is 2. The molecule has 204 valence electrons. The first-order valence-corrected chi connectivity index (χ1v) is 13.8. The Balaban J connectivity index is 1.46. The summed E-state index contributed by atoms with van der Waals surface area (Å²) in [5.74, 6) is 0.0465. The Morgan fingerprint density at radius 2 is 1.68 bits per heavy atom. The Morgan fingerprint density at radius 1 is 0.927 bits per heavy atom. The number of pyridine rings is 1. The number of rotatable bonds is 5. The summed E-state index contributed by atoms with van der Waals surface area (Å²) < 4.78 is 10.8. The van der Waals surface area contributed by atoms with Gasteiger partial charge in [0, 0.05) is 13.2 Å². The van der Waals surface area contributed by atoms with Gasteiger partial charge in [-0.15, -0.1) is 0 Å². The van der Waals surface area contributed by atoms with E-state index in [1.165, 1.54) is 20.1 Å². The first kappa shape index (κ1) is 26.5. The molecule has 0 N–H and O–H groups in total. The van der Waals surface area contributed by atoms with Gasteiger partial charge in [0.1, 0.15) is 22.6 Å². The third-order valence-electron chi connectivity index (χ3n) is 6.75. The average molecular weight is 582 g/mol. The molecule has 0 aliphatic carbocycles. The van der Waals surface area contributed by atoms with Crippen LogP contribution < -0.4 is 20.8 Å². The van der Waals surface area contributed by atoms with Crippen molar-refractivity contribution in [2.75, 3.05) is 4.90 Å². The van der Waals surface area contributed by atoms with Gasteiger partial charge in [-0.1, -0.05) is 60.4 Å². The first-order chi connectivity index (χ1) is 19.7. The van der Waals surface area contributed by atoms with Crippen LogP contribution in [0.4, 0.5) is 5.69 Å². The third kappa shape index (κ3) is 4.58. The van der Waals surface area contributed by atoms with Gasteiger partial charge in [-0.05, 0) is 61.9 Å². The molecule has 1 amide bonds. The molecule has 0 spiro atoms. The number of carbonyl (C=O) groups excluding carboxylic acids is 1. The zero-order chi connectivity index (χ0) is 28.8. The lowest BCUT2D eigenvalue weighted by molar-refractivity contribution is -0.113. The van der Waals surface area contributed by atoms with Crippen molar-refractivity contribution in [3.05, 3.63) is 121 Å². The van der Waals surface area contributed by atoms with Crippen LogP contribution in [0, 0.1) is 13.8 Å². The summed E-state index contributed by atoms with van der Waals surface area (Å²) >= 11 is 6.59. The Labute approximate surface area is 243 Å². The molecule has 3 aromatic heterocycles. The number of anilines is 1. The lowest BCUT2D eigenvalue weighted by atomic mass is 10.2. The minimum Gasteiger partial charge on any atom is -0.438 e. The highest BCUT2D eigenvalue weighted by Crippen LogP contribution is 2.37. The second-order valence-corrected chi connectivity index (χ2v) is 11.1. The van der Waals surface area contributed by atoms with Crippen LogP contribution in [-0.2, 0) is 11.8 Å². The number of aryl methyl sites for hydroxylation is 1. The number of thioether (sulfide) groups is 1. The number of aromatic nitrogens is 4. The summed E-state index contributed by atoms with van der Waals surface area (Å²) in [5.41, 5.74) is 2.04. The zero-order valence-electron chi connectivity index (χ0n) is 22.3. The van der Waals surface area contributed by atoms with E-state index in [9.17, 15) is 14.4 Å². The summed E-state index contributed by atoms with van der Waals surface area (Å²) in [5, 5.41) is 0. The van der Waals surface area contributed by atoms with Gasteiger partial charge in [0.15, 0.2) is 4.32 Å². The first-order valence-electron chi connectivity index (χ1n) is 12.6. The maximum Gasteiger partial charge on any atom is 0.296 e. The Hall–Kier alpha value is -4.74. The number of hydrogen-bond acceptors (Lipinski definition) is 7. The van der Waals surface area contributed by atoms with E-state index in [0.29, 0.717) is 22.8 Å². The van der Waals surface area contributed by atoms with Crippen LogP contribution in [-0.4, -0.2) is 29.0 Å². The number of thiocarbonyl (C=S) groups is 1. The van der Waals surface area contributed by atoms with Crippen molar-refractivity contribution in [1.82, 2.24) is 18.7 Å². The highest BCUT2D eigenvalue weighted by Gasteiger charge is 2.38. The number of nitrogens with zero attached hydrogens (tertiary/aromatic N) is 5. The number of fused-ring (bicyclic) bond motifs is 1. The predicted octanol–water partition coefficient (Wildman–Crippen LogP) is 5.00. The van der Waals surface area contributed by atoms with Gasteiger partial charge in [-0.2, -0.15) is 4.98 Å². The van der Waals surface area contributed by atoms with Crippen LogP contribution in [0.2, 0.25) is 0 Å². The number of hydrogen-bond donors (Lipinski definition) is 0. The van der Waals surface area contributed by atoms with Gasteiger partial charge < -0.3 is 4.74 Å². The fourth-order valence-corrected chi connectivity index (χ4v) is 5.93. The van der Waals surface area contributed by atoms with E-state index in [2.05, 4.69) is 4.98 Å². The summed E-state index contributed by atoms with van der Waals surface area (Å²) in [7, 11) is 1.75. The number of carbonyl (C=O) groups is 1. The number of ether oxygens (including phenoxy) is 1. The monoisotopic (exact) mass is 581 g/mol. The highest BCUT2D eigenvalue weighted by atomic mass is 32.2. The molecule has 4 heterocycles. The molecule has 41 heavy (non-hydrogen) atoms. The van der Waals surface area contributed by atoms with E-state index in [4.69, 9.17) is 17.0 Å². The molecule has 5 aromatic rings. The van der Waals surface area contributed by atoms with E-state index in [-0.39, 0.29) is 31.9 Å². The van der Waals surface area contributed by atoms with Crippen LogP contribution in [0.25, 0.3) is 17.4 Å². The van der Waals surface area contributed by atoms with Gasteiger partial charge in [0.25, 0.3) is 17.0 Å². The van der Waals surface area contributed by atoms with Gasteiger partial charge in [-0.3, -0.25) is 28.4 Å². The van der Waals surface area contributed by atoms with Crippen LogP contribution >= 0.6 is 24.0 Å². The van der Waals surface area contributed by atoms with Crippen LogP contribution in [0.3, 0.4) is 0 Å². The van der Waals surface area contributed by atoms with Crippen LogP contribution in [0.5, 0.6) is 11.6 Å². The molecular formula is C30H23N5O4S2. The Bertz CT molecular complexity index is 2020. The van der Waals surface area contributed by atoms with E-state index < -0.39 is 11.5 Å². The van der Waals surface area contributed by atoms with Crippen LogP contribution in [0.1, 0.15) is 16.8 Å². The number of para-hydroxylation sites is 1. The molecule has 0 unspecified atom stereocenters. The molecule has 9 nitrogen and oxygen atoms in total. The lowest BCUT2D eigenvalue weighted by Gasteiger charge is -2.12. The van der Waals surface area contributed by atoms with Crippen molar-refractivity contribution in [1.29, 1.82) is 0 Å². The number of amides is 1. The van der Waals surface area contributed by atoms with Crippen molar-refractivity contribution < 1.29 is 9.53 Å². The van der Waals surface area contributed by atoms with E-state index in [1.807, 2.05) is 55.5 Å². The smallest absolute Gasteiger partial charge is 0.296 e. The molecule has 0 atom stereocenters. The summed E-state index contributed by atoms with van der Waals surface area (Å²) in [4.78, 5) is 47.0. The molecule has 11 heteroatoms. The van der Waals surface area contributed by atoms with Crippen molar-refractivity contribution in [2.45, 2.75) is 13.8 Å². The standard InChI is InChI=1S/C30H23N5O4S2/c1-18-10-9-13-21(16-18)39-26-22(27(36)33-15-8-7-14-24(33)31-26)17-23-28(37)34(30(40)41-23)25-19(2)32(3)35(29(25)38)20-11-5-4-6-12-20/h4-17H,1-3H3/b23-17+. The zero-order valence-corrected chi connectivity index (χ0v) is 23.9. The Kier molecular flexibility index (Phi) is 6.68. The molecule has 2 aromatic carbocycles. The summed E-state index contributed by atoms with van der Waals surface area (Å²) in [6, 6.07) is 21.7. The minimum absolute atomic E-state index is 0.0550. The lowest BCUT2D eigenvalue weighted by Crippen LogP contribution is -2.33. The molecule has 0 saturated carbocycles. The predicted molar refractivity (Wildman–Crippen MR) is 164 cm³/mol. The molecule has 6 rings (SSSR count). The third-order valence-corrected chi connectivity index (χ3v) is 8.06. The second kappa shape index (κ2) is 10.3. The SMILES string of the molecule is Cc1cccc(Oc2nc3ccccn3c(=O)c2/C=C2/SC(=S)N(c3c(C)n(C)n(-c4ccccc4)c3=O)C2=O)c1. The maximum absolute atomic E-state index is 13.8. The van der Waals surface area contributed by atoms with Crippen molar-refractivity contribution in [2.24, 2.45) is 7.05 Å². The van der Waals surface area contributed by atoms with Gasteiger partial charge in [0.05, 0.1) is 16.3 Å². The fraction of sp³-hybridized carbons (Fsp3) is 0.100. The largest absolute Gasteiger partial charge is 0.438 e. The molecular weight excluding hydrogens is 558 g/mol. The molecule has 1 aliphatic rings. The summed E-state index contributed by atoms with van der Waals surface area (Å²) in [6.07, 6.45) is 3.04. The van der Waals surface area contributed by atoms with Crippen molar-refractivity contribution in [3.8, 4) is 17.3 Å². The summed E-state index contributed by atoms with van der Waals surface area (Å²) in [6.45, 7) is 3.69. The topological polar surface area (TPSA) is 90.8 Å². The molecule has 1 fully saturated rings.